The van der Waals surface area contributed by atoms with Gasteiger partial charge in [-0.15, -0.1) is 10.2 Å². The molecule has 1 unspecified atom stereocenters. The van der Waals surface area contributed by atoms with E-state index in [9.17, 15) is 0 Å². The Bertz CT molecular complexity index is 696. The number of hydrogen-bond donors (Lipinski definition) is 1. The fourth-order valence-corrected chi connectivity index (χ4v) is 2.97. The van der Waals surface area contributed by atoms with Crippen LogP contribution in [0.1, 0.15) is 18.7 Å². The molecule has 1 atom stereocenters. The van der Waals surface area contributed by atoms with Gasteiger partial charge in [-0.2, -0.15) is 0 Å². The lowest BCUT2D eigenvalue weighted by atomic mass is 10.2. The second-order valence-electron chi connectivity index (χ2n) is 4.27. The van der Waals surface area contributed by atoms with Gasteiger partial charge in [0.05, 0.1) is 17.3 Å². The first-order valence-corrected chi connectivity index (χ1v) is 7.32. The quantitative estimate of drug-likeness (QED) is 0.764. The molecule has 0 aliphatic rings. The lowest BCUT2D eigenvalue weighted by Gasteiger charge is -2.08. The first kappa shape index (κ1) is 13.1. The van der Waals surface area contributed by atoms with E-state index in [1.54, 1.807) is 6.26 Å². The van der Waals surface area contributed by atoms with Crippen molar-refractivity contribution in [2.75, 3.05) is 5.32 Å². The van der Waals surface area contributed by atoms with Crippen LogP contribution in [0.15, 0.2) is 47.1 Å². The van der Waals surface area contributed by atoms with E-state index in [4.69, 9.17) is 16.0 Å². The number of nitrogens with zero attached hydrogens (tertiary/aromatic N) is 2. The summed E-state index contributed by atoms with van der Waals surface area (Å²) in [6, 6.07) is 11.4. The molecule has 0 saturated carbocycles. The van der Waals surface area contributed by atoms with Crippen LogP contribution in [0.4, 0.5) is 5.13 Å². The highest BCUT2D eigenvalue weighted by molar-refractivity contribution is 7.18. The van der Waals surface area contributed by atoms with Gasteiger partial charge in [-0.3, -0.25) is 0 Å². The van der Waals surface area contributed by atoms with E-state index in [0.717, 1.165) is 21.5 Å². The number of hydrogen-bond acceptors (Lipinski definition) is 5. The van der Waals surface area contributed by atoms with Gasteiger partial charge in [0, 0.05) is 5.56 Å². The highest BCUT2D eigenvalue weighted by Gasteiger charge is 2.13. The van der Waals surface area contributed by atoms with Crippen LogP contribution in [-0.2, 0) is 0 Å². The Labute approximate surface area is 125 Å². The van der Waals surface area contributed by atoms with Crippen molar-refractivity contribution in [1.29, 1.82) is 0 Å². The SMILES string of the molecule is CC(Nc1nnc(-c2ccccc2Cl)s1)c1ccco1. The first-order valence-electron chi connectivity index (χ1n) is 6.12. The molecule has 20 heavy (non-hydrogen) atoms. The second kappa shape index (κ2) is 5.64. The fraction of sp³-hybridized carbons (Fsp3) is 0.143. The molecule has 0 saturated heterocycles. The van der Waals surface area contributed by atoms with Gasteiger partial charge in [-0.25, -0.2) is 0 Å². The Morgan fingerprint density at radius 1 is 1.20 bits per heavy atom. The van der Waals surface area contributed by atoms with Crippen molar-refractivity contribution in [2.45, 2.75) is 13.0 Å². The number of halogens is 1. The van der Waals surface area contributed by atoms with Gasteiger partial charge >= 0.3 is 0 Å². The molecule has 0 aliphatic heterocycles. The van der Waals surface area contributed by atoms with E-state index in [2.05, 4.69) is 15.5 Å². The van der Waals surface area contributed by atoms with E-state index in [-0.39, 0.29) is 6.04 Å². The Morgan fingerprint density at radius 2 is 2.05 bits per heavy atom. The molecule has 6 heteroatoms. The molecule has 2 heterocycles. The predicted octanol–water partition coefficient (Wildman–Crippen LogP) is 4.62. The zero-order chi connectivity index (χ0) is 13.9. The summed E-state index contributed by atoms with van der Waals surface area (Å²) in [4.78, 5) is 0. The van der Waals surface area contributed by atoms with Crippen molar-refractivity contribution in [2.24, 2.45) is 0 Å². The average Bonchev–Trinajstić information content (AvgIpc) is 3.10. The smallest absolute Gasteiger partial charge is 0.206 e. The number of aromatic nitrogens is 2. The average molecular weight is 306 g/mol. The third kappa shape index (κ3) is 2.69. The Balaban J connectivity index is 1.79. The van der Waals surface area contributed by atoms with E-state index >= 15 is 0 Å². The lowest BCUT2D eigenvalue weighted by molar-refractivity contribution is 0.490. The molecule has 102 valence electrons. The molecule has 0 spiro atoms. The number of furan rings is 1. The summed E-state index contributed by atoms with van der Waals surface area (Å²) in [6.45, 7) is 2.01. The topological polar surface area (TPSA) is 51.0 Å². The minimum Gasteiger partial charge on any atom is -0.467 e. The van der Waals surface area contributed by atoms with Crippen molar-refractivity contribution in [3.8, 4) is 10.6 Å². The van der Waals surface area contributed by atoms with Crippen molar-refractivity contribution < 1.29 is 4.42 Å². The fourth-order valence-electron chi connectivity index (χ4n) is 1.82. The summed E-state index contributed by atoms with van der Waals surface area (Å²) in [6.07, 6.45) is 1.66. The van der Waals surface area contributed by atoms with Crippen molar-refractivity contribution in [3.63, 3.8) is 0 Å². The summed E-state index contributed by atoms with van der Waals surface area (Å²) in [5.74, 6) is 0.861. The molecule has 0 fully saturated rings. The minimum absolute atomic E-state index is 0.0389. The summed E-state index contributed by atoms with van der Waals surface area (Å²) in [5, 5.41) is 13.8. The summed E-state index contributed by atoms with van der Waals surface area (Å²) < 4.78 is 5.35. The number of rotatable bonds is 4. The monoisotopic (exact) mass is 305 g/mol. The standard InChI is InChI=1S/C14H12ClN3OS/c1-9(12-7-4-8-19-12)16-14-18-17-13(20-14)10-5-2-3-6-11(10)15/h2-9H,1H3,(H,16,18). The number of nitrogens with one attached hydrogen (secondary N) is 1. The van der Waals surface area contributed by atoms with E-state index in [1.807, 2.05) is 43.3 Å². The van der Waals surface area contributed by atoms with Crippen molar-refractivity contribution >= 4 is 28.1 Å². The largest absolute Gasteiger partial charge is 0.467 e. The van der Waals surface area contributed by atoms with Crippen LogP contribution in [0.5, 0.6) is 0 Å². The van der Waals surface area contributed by atoms with Gasteiger partial charge in [-0.05, 0) is 25.1 Å². The normalized spacial score (nSPS) is 12.3. The summed E-state index contributed by atoms with van der Waals surface area (Å²) in [5.41, 5.74) is 0.894. The summed E-state index contributed by atoms with van der Waals surface area (Å²) >= 11 is 7.62. The third-order valence-corrected chi connectivity index (χ3v) is 4.06. The van der Waals surface area contributed by atoms with E-state index in [1.165, 1.54) is 11.3 Å². The van der Waals surface area contributed by atoms with Crippen LogP contribution >= 0.6 is 22.9 Å². The maximum absolute atomic E-state index is 6.16. The maximum atomic E-state index is 6.16. The molecule has 0 bridgehead atoms. The molecule has 0 amide bonds. The zero-order valence-electron chi connectivity index (χ0n) is 10.7. The van der Waals surface area contributed by atoms with E-state index < -0.39 is 0 Å². The van der Waals surface area contributed by atoms with Gasteiger partial charge in [-0.1, -0.05) is 41.1 Å². The zero-order valence-corrected chi connectivity index (χ0v) is 12.3. The van der Waals surface area contributed by atoms with Gasteiger partial charge in [0.25, 0.3) is 0 Å². The molecule has 3 rings (SSSR count). The summed E-state index contributed by atoms with van der Waals surface area (Å²) in [7, 11) is 0. The van der Waals surface area contributed by atoms with Crippen LogP contribution in [0.2, 0.25) is 5.02 Å². The Morgan fingerprint density at radius 3 is 2.80 bits per heavy atom. The molecular weight excluding hydrogens is 294 g/mol. The molecule has 0 aliphatic carbocycles. The van der Waals surface area contributed by atoms with Crippen LogP contribution in [0.25, 0.3) is 10.6 Å². The van der Waals surface area contributed by atoms with Crippen LogP contribution < -0.4 is 5.32 Å². The highest BCUT2D eigenvalue weighted by Crippen LogP contribution is 2.32. The van der Waals surface area contributed by atoms with Gasteiger partial charge in [0.15, 0.2) is 5.01 Å². The van der Waals surface area contributed by atoms with Crippen LogP contribution in [-0.4, -0.2) is 10.2 Å². The molecular formula is C14H12ClN3OS. The van der Waals surface area contributed by atoms with Gasteiger partial charge in [0.1, 0.15) is 5.76 Å². The molecule has 4 nitrogen and oxygen atoms in total. The Hall–Kier alpha value is -1.85. The molecule has 3 aromatic rings. The van der Waals surface area contributed by atoms with E-state index in [0.29, 0.717) is 5.02 Å². The third-order valence-electron chi connectivity index (χ3n) is 2.84. The lowest BCUT2D eigenvalue weighted by Crippen LogP contribution is -2.04. The van der Waals surface area contributed by atoms with Crippen LogP contribution in [0.3, 0.4) is 0 Å². The second-order valence-corrected chi connectivity index (χ2v) is 5.66. The van der Waals surface area contributed by atoms with Gasteiger partial charge in [0.2, 0.25) is 5.13 Å². The maximum Gasteiger partial charge on any atom is 0.206 e. The highest BCUT2D eigenvalue weighted by atomic mass is 35.5. The molecule has 2 aromatic heterocycles. The van der Waals surface area contributed by atoms with Crippen LogP contribution in [0, 0.1) is 0 Å². The minimum atomic E-state index is 0.0389. The van der Waals surface area contributed by atoms with Crippen molar-refractivity contribution in [3.05, 3.63) is 53.4 Å². The Kier molecular flexibility index (Phi) is 3.71. The molecule has 1 aromatic carbocycles. The number of anilines is 1. The first-order chi connectivity index (χ1) is 9.74. The van der Waals surface area contributed by atoms with Gasteiger partial charge < -0.3 is 9.73 Å². The molecule has 0 radical (unpaired) electrons. The predicted molar refractivity (Wildman–Crippen MR) is 81.1 cm³/mol. The van der Waals surface area contributed by atoms with Crippen molar-refractivity contribution in [1.82, 2.24) is 10.2 Å². The number of benzene rings is 1. The molecule has 1 N–H and O–H groups in total.